The van der Waals surface area contributed by atoms with Gasteiger partial charge in [0.15, 0.2) is 0 Å². The number of aromatic amines is 1. The van der Waals surface area contributed by atoms with Crippen LogP contribution in [0.3, 0.4) is 0 Å². The quantitative estimate of drug-likeness (QED) is 0.873. The van der Waals surface area contributed by atoms with E-state index in [0.717, 1.165) is 24.5 Å². The van der Waals surface area contributed by atoms with Crippen molar-refractivity contribution in [3.63, 3.8) is 0 Å². The molecule has 10 heteroatoms. The van der Waals surface area contributed by atoms with Gasteiger partial charge in [-0.1, -0.05) is 0 Å². The van der Waals surface area contributed by atoms with Crippen LogP contribution in [0.25, 0.3) is 0 Å². The number of sulfonamides is 1. The first kappa shape index (κ1) is 14.9. The van der Waals surface area contributed by atoms with Crippen LogP contribution in [0.5, 0.6) is 0 Å². The highest BCUT2D eigenvalue weighted by atomic mass is 79.9. The van der Waals surface area contributed by atoms with Crippen LogP contribution in [0, 0.1) is 0 Å². The van der Waals surface area contributed by atoms with Crippen molar-refractivity contribution in [2.45, 2.75) is 11.1 Å². The van der Waals surface area contributed by atoms with Gasteiger partial charge in [-0.15, -0.1) is 0 Å². The lowest BCUT2D eigenvalue weighted by Gasteiger charge is -2.12. The maximum absolute atomic E-state index is 12.6. The monoisotopic (exact) mass is 369 g/mol. The summed E-state index contributed by atoms with van der Waals surface area (Å²) in [7, 11) is -4.00. The van der Waals surface area contributed by atoms with Gasteiger partial charge in [0.05, 0.1) is 17.4 Å². The van der Waals surface area contributed by atoms with Gasteiger partial charge in [-0.3, -0.25) is 9.82 Å². The zero-order valence-corrected chi connectivity index (χ0v) is 12.0. The molecule has 0 aliphatic carbocycles. The van der Waals surface area contributed by atoms with E-state index in [1.807, 2.05) is 0 Å². The predicted octanol–water partition coefficient (Wildman–Crippen LogP) is 2.99. The number of hydrogen-bond donors (Lipinski definition) is 2. The molecule has 0 aliphatic heterocycles. The molecule has 108 valence electrons. The summed E-state index contributed by atoms with van der Waals surface area (Å²) < 4.78 is 63.9. The third kappa shape index (κ3) is 3.12. The lowest BCUT2D eigenvalue weighted by molar-refractivity contribution is -0.137. The molecule has 20 heavy (non-hydrogen) atoms. The normalized spacial score (nSPS) is 12.4. The Morgan fingerprint density at radius 1 is 1.30 bits per heavy atom. The van der Waals surface area contributed by atoms with Crippen molar-refractivity contribution < 1.29 is 21.6 Å². The number of benzene rings is 1. The van der Waals surface area contributed by atoms with Crippen LogP contribution in [0.4, 0.5) is 18.9 Å². The van der Waals surface area contributed by atoms with Crippen LogP contribution in [0.15, 0.2) is 40.0 Å². The van der Waals surface area contributed by atoms with E-state index in [1.165, 1.54) is 0 Å². The van der Waals surface area contributed by atoms with Gasteiger partial charge >= 0.3 is 6.18 Å². The van der Waals surface area contributed by atoms with Gasteiger partial charge in [0.25, 0.3) is 10.0 Å². The van der Waals surface area contributed by atoms with Crippen LogP contribution >= 0.6 is 15.9 Å². The minimum absolute atomic E-state index is 0.179. The van der Waals surface area contributed by atoms with Crippen molar-refractivity contribution in [1.29, 1.82) is 0 Å². The first-order chi connectivity index (χ1) is 9.20. The molecule has 1 heterocycles. The second-order valence-corrected chi connectivity index (χ2v) is 6.27. The summed E-state index contributed by atoms with van der Waals surface area (Å²) >= 11 is 3.00. The van der Waals surface area contributed by atoms with Crippen molar-refractivity contribution in [2.24, 2.45) is 0 Å². The van der Waals surface area contributed by atoms with Gasteiger partial charge in [-0.2, -0.15) is 18.3 Å². The van der Waals surface area contributed by atoms with Gasteiger partial charge in [-0.25, -0.2) is 8.42 Å². The minimum Gasteiger partial charge on any atom is -0.284 e. The lowest BCUT2D eigenvalue weighted by Crippen LogP contribution is -2.14. The van der Waals surface area contributed by atoms with Crippen molar-refractivity contribution >= 4 is 31.6 Å². The highest BCUT2D eigenvalue weighted by molar-refractivity contribution is 9.10. The maximum atomic E-state index is 12.6. The van der Waals surface area contributed by atoms with Crippen molar-refractivity contribution in [2.75, 3.05) is 4.72 Å². The molecule has 2 N–H and O–H groups in total. The van der Waals surface area contributed by atoms with E-state index < -0.39 is 21.8 Å². The van der Waals surface area contributed by atoms with Crippen LogP contribution in [-0.2, 0) is 16.2 Å². The highest BCUT2D eigenvalue weighted by Gasteiger charge is 2.31. The number of anilines is 1. The smallest absolute Gasteiger partial charge is 0.284 e. The fourth-order valence-corrected chi connectivity index (χ4v) is 2.82. The largest absolute Gasteiger partial charge is 0.416 e. The van der Waals surface area contributed by atoms with E-state index in [0.29, 0.717) is 6.07 Å². The summed E-state index contributed by atoms with van der Waals surface area (Å²) in [5.41, 5.74) is -1.16. The number of halogens is 4. The van der Waals surface area contributed by atoms with E-state index in [4.69, 9.17) is 0 Å². The van der Waals surface area contributed by atoms with E-state index in [9.17, 15) is 21.6 Å². The maximum Gasteiger partial charge on any atom is 0.416 e. The van der Waals surface area contributed by atoms with Crippen molar-refractivity contribution in [3.05, 3.63) is 40.6 Å². The number of H-pyrrole nitrogens is 1. The number of alkyl halides is 3. The first-order valence-electron chi connectivity index (χ1n) is 5.08. The van der Waals surface area contributed by atoms with Gasteiger partial charge in [0.1, 0.15) is 4.90 Å². The van der Waals surface area contributed by atoms with Crippen LogP contribution in [0.1, 0.15) is 5.56 Å². The molecule has 1 aromatic carbocycles. The molecule has 0 amide bonds. The van der Waals surface area contributed by atoms with E-state index in [1.54, 1.807) is 0 Å². The summed E-state index contributed by atoms with van der Waals surface area (Å²) in [6.45, 7) is 0. The molecule has 0 atom stereocenters. The second kappa shape index (κ2) is 5.09. The Balaban J connectivity index is 2.39. The van der Waals surface area contributed by atoms with Crippen LogP contribution in [0.2, 0.25) is 0 Å². The SMILES string of the molecule is O=S(=O)(Nc1cc(C(F)(F)F)ccc1Br)c1cn[nH]c1. The Bertz CT molecular complexity index is 714. The standard InChI is InChI=1S/C10H7BrF3N3O2S/c11-8-2-1-6(10(12,13)14)3-9(8)17-20(18,19)7-4-15-16-5-7/h1-5,17H,(H,15,16). The first-order valence-corrected chi connectivity index (χ1v) is 7.36. The van der Waals surface area contributed by atoms with Crippen molar-refractivity contribution in [3.8, 4) is 0 Å². The van der Waals surface area contributed by atoms with Gasteiger partial charge < -0.3 is 0 Å². The molecule has 2 rings (SSSR count). The minimum atomic E-state index is -4.56. The zero-order valence-electron chi connectivity index (χ0n) is 9.57. The molecule has 0 spiro atoms. The Morgan fingerprint density at radius 2 is 2.00 bits per heavy atom. The molecule has 0 radical (unpaired) electrons. The molecule has 0 fully saturated rings. The molecule has 0 aliphatic rings. The Labute approximate surface area is 120 Å². The van der Waals surface area contributed by atoms with E-state index in [-0.39, 0.29) is 15.1 Å². The van der Waals surface area contributed by atoms with Gasteiger partial charge in [-0.05, 0) is 34.1 Å². The number of rotatable bonds is 3. The summed E-state index contributed by atoms with van der Waals surface area (Å²) in [6, 6.07) is 2.68. The third-order valence-electron chi connectivity index (χ3n) is 2.32. The number of hydrogen-bond acceptors (Lipinski definition) is 3. The number of nitrogens with zero attached hydrogens (tertiary/aromatic N) is 1. The average Bonchev–Trinajstić information content (AvgIpc) is 2.84. The summed E-state index contributed by atoms with van der Waals surface area (Å²) in [5, 5.41) is 5.78. The Hall–Kier alpha value is -1.55. The summed E-state index contributed by atoms with van der Waals surface area (Å²) in [4.78, 5) is -0.179. The fraction of sp³-hybridized carbons (Fsp3) is 0.100. The fourth-order valence-electron chi connectivity index (χ4n) is 1.37. The van der Waals surface area contributed by atoms with Gasteiger partial charge in [0, 0.05) is 10.7 Å². The van der Waals surface area contributed by atoms with E-state index in [2.05, 4.69) is 30.8 Å². The lowest BCUT2D eigenvalue weighted by atomic mass is 10.2. The molecule has 2 aromatic rings. The molecule has 5 nitrogen and oxygen atoms in total. The van der Waals surface area contributed by atoms with Gasteiger partial charge in [0.2, 0.25) is 0 Å². The molecular formula is C10H7BrF3N3O2S. The Morgan fingerprint density at radius 3 is 2.55 bits per heavy atom. The molecular weight excluding hydrogens is 363 g/mol. The number of nitrogens with one attached hydrogen (secondary N) is 2. The Kier molecular flexibility index (Phi) is 3.78. The summed E-state index contributed by atoms with van der Waals surface area (Å²) in [6.07, 6.45) is -2.40. The third-order valence-corrected chi connectivity index (χ3v) is 4.35. The summed E-state index contributed by atoms with van der Waals surface area (Å²) in [5.74, 6) is 0. The average molecular weight is 370 g/mol. The highest BCUT2D eigenvalue weighted by Crippen LogP contribution is 2.34. The molecule has 0 unspecified atom stereocenters. The van der Waals surface area contributed by atoms with E-state index >= 15 is 0 Å². The van der Waals surface area contributed by atoms with Crippen LogP contribution in [-0.4, -0.2) is 18.6 Å². The zero-order chi connectivity index (χ0) is 15.0. The molecule has 0 saturated carbocycles. The molecule has 1 aromatic heterocycles. The van der Waals surface area contributed by atoms with Crippen molar-refractivity contribution in [1.82, 2.24) is 10.2 Å². The van der Waals surface area contributed by atoms with Crippen LogP contribution < -0.4 is 4.72 Å². The predicted molar refractivity (Wildman–Crippen MR) is 68.5 cm³/mol. The topological polar surface area (TPSA) is 74.8 Å². The second-order valence-electron chi connectivity index (χ2n) is 3.73. The molecule has 0 saturated heterocycles. The molecule has 0 bridgehead atoms. The number of aromatic nitrogens is 2.